The molecule has 14 rings (SSSR count). The van der Waals surface area contributed by atoms with Crippen molar-refractivity contribution in [1.82, 2.24) is 14.5 Å². The van der Waals surface area contributed by atoms with Gasteiger partial charge < -0.3 is 9.30 Å². The average Bonchev–Trinajstić information content (AvgIpc) is 4.00. The number of para-hydroxylation sites is 3. The molecule has 0 fully saturated rings. The molecule has 1 aliphatic carbocycles. The van der Waals surface area contributed by atoms with Crippen molar-refractivity contribution in [3.8, 4) is 62.2 Å². The molecule has 0 N–H and O–H groups in total. The molecule has 64 heavy (non-hydrogen) atoms. The van der Waals surface area contributed by atoms with Crippen LogP contribution in [0.25, 0.3) is 92.7 Å². The highest BCUT2D eigenvalue weighted by Crippen LogP contribution is 2.63. The number of hydrogen-bond acceptors (Lipinski definition) is 4. The maximum absolute atomic E-state index is 6.76. The molecule has 2 aliphatic rings. The molecule has 1 aliphatic heterocycles. The monoisotopic (exact) mass is 833 g/mol. The summed E-state index contributed by atoms with van der Waals surface area (Å²) in [5.74, 6) is 2.42. The zero-order valence-electron chi connectivity index (χ0n) is 34.4. The molecule has 0 bridgehead atoms. The first-order chi connectivity index (χ1) is 31.7. The molecule has 1 spiro atoms. The quantitative estimate of drug-likeness (QED) is 0.177. The summed E-state index contributed by atoms with van der Waals surface area (Å²) in [4.78, 5) is 10.4. The van der Waals surface area contributed by atoms with E-state index in [9.17, 15) is 0 Å². The molecule has 298 valence electrons. The lowest BCUT2D eigenvalue weighted by atomic mass is 9.66. The third-order valence-electron chi connectivity index (χ3n) is 13.5. The van der Waals surface area contributed by atoms with E-state index in [1.54, 1.807) is 0 Å². The molecule has 3 aromatic heterocycles. The highest BCUT2D eigenvalue weighted by Gasteiger charge is 2.51. The van der Waals surface area contributed by atoms with Gasteiger partial charge in [0.2, 0.25) is 0 Å². The van der Waals surface area contributed by atoms with Crippen molar-refractivity contribution >= 4 is 53.3 Å². The molecular formula is C59H35N3OS. The lowest BCUT2D eigenvalue weighted by Gasteiger charge is -2.39. The molecule has 0 atom stereocenters. The van der Waals surface area contributed by atoms with Gasteiger partial charge in [-0.3, -0.25) is 0 Å². The van der Waals surface area contributed by atoms with Crippen LogP contribution in [0.1, 0.15) is 22.3 Å². The number of aromatic nitrogens is 3. The summed E-state index contributed by atoms with van der Waals surface area (Å²) in [6.07, 6.45) is 0. The van der Waals surface area contributed by atoms with E-state index < -0.39 is 5.41 Å². The minimum atomic E-state index is -0.667. The van der Waals surface area contributed by atoms with E-state index in [-0.39, 0.29) is 0 Å². The first kappa shape index (κ1) is 35.5. The smallest absolute Gasteiger partial charge is 0.160 e. The van der Waals surface area contributed by atoms with Gasteiger partial charge in [0, 0.05) is 64.4 Å². The third kappa shape index (κ3) is 4.93. The van der Waals surface area contributed by atoms with Crippen LogP contribution in [0.5, 0.6) is 11.5 Å². The maximum atomic E-state index is 6.76. The summed E-state index contributed by atoms with van der Waals surface area (Å²) >= 11 is 1.87. The molecule has 9 aromatic carbocycles. The number of benzene rings is 9. The summed E-state index contributed by atoms with van der Waals surface area (Å²) in [6, 6.07) is 76.4. The average molecular weight is 834 g/mol. The Labute approximate surface area is 373 Å². The summed E-state index contributed by atoms with van der Waals surface area (Å²) in [5.41, 5.74) is 14.8. The number of nitrogens with zero attached hydrogens (tertiary/aromatic N) is 3. The van der Waals surface area contributed by atoms with Crippen molar-refractivity contribution in [2.45, 2.75) is 5.41 Å². The molecule has 0 unspecified atom stereocenters. The Morgan fingerprint density at radius 1 is 0.422 bits per heavy atom. The lowest BCUT2D eigenvalue weighted by Crippen LogP contribution is -2.32. The van der Waals surface area contributed by atoms with Gasteiger partial charge in [0.15, 0.2) is 5.82 Å². The van der Waals surface area contributed by atoms with Crippen molar-refractivity contribution in [3.05, 3.63) is 235 Å². The van der Waals surface area contributed by atoms with Crippen molar-refractivity contribution in [2.24, 2.45) is 0 Å². The molecule has 0 saturated carbocycles. The van der Waals surface area contributed by atoms with Gasteiger partial charge in [-0.2, -0.15) is 0 Å². The molecule has 0 amide bonds. The van der Waals surface area contributed by atoms with Crippen molar-refractivity contribution in [3.63, 3.8) is 0 Å². The SMILES string of the molecule is c1ccc(-c2cc(-c3ccc4c(c3)C3(c5ccccc5Oc5ccccc53)c3ccc(-n5c6ccccc6c6ccc7sc8ccccc8c7c65)cc3-4)nc(-c3ccccc3)n2)cc1. The fourth-order valence-corrected chi connectivity index (χ4v) is 11.9. The zero-order chi connectivity index (χ0) is 41.9. The second-order valence-electron chi connectivity index (χ2n) is 16.8. The number of ether oxygens (including phenoxy) is 1. The van der Waals surface area contributed by atoms with E-state index in [0.717, 1.165) is 56.4 Å². The third-order valence-corrected chi connectivity index (χ3v) is 14.6. The van der Waals surface area contributed by atoms with E-state index in [1.807, 2.05) is 35.6 Å². The van der Waals surface area contributed by atoms with E-state index >= 15 is 0 Å². The summed E-state index contributed by atoms with van der Waals surface area (Å²) in [6.45, 7) is 0. The van der Waals surface area contributed by atoms with Gasteiger partial charge >= 0.3 is 0 Å². The Morgan fingerprint density at radius 2 is 1.08 bits per heavy atom. The van der Waals surface area contributed by atoms with Crippen LogP contribution < -0.4 is 4.74 Å². The Kier molecular flexibility index (Phi) is 7.45. The van der Waals surface area contributed by atoms with Crippen molar-refractivity contribution in [1.29, 1.82) is 0 Å². The first-order valence-electron chi connectivity index (χ1n) is 21.7. The molecule has 0 radical (unpaired) electrons. The Hall–Kier alpha value is -8.12. The fourth-order valence-electron chi connectivity index (χ4n) is 10.8. The van der Waals surface area contributed by atoms with Crippen LogP contribution in [0.3, 0.4) is 0 Å². The number of thiophene rings is 1. The van der Waals surface area contributed by atoms with E-state index in [2.05, 4.69) is 193 Å². The Morgan fingerprint density at radius 3 is 1.86 bits per heavy atom. The van der Waals surface area contributed by atoms with Crippen LogP contribution in [0.4, 0.5) is 0 Å². The minimum Gasteiger partial charge on any atom is -0.457 e. The molecule has 12 aromatic rings. The van der Waals surface area contributed by atoms with Crippen LogP contribution in [-0.2, 0) is 5.41 Å². The van der Waals surface area contributed by atoms with Gasteiger partial charge in [0.05, 0.1) is 27.8 Å². The largest absolute Gasteiger partial charge is 0.457 e. The van der Waals surface area contributed by atoms with E-state index in [1.165, 1.54) is 64.2 Å². The van der Waals surface area contributed by atoms with Gasteiger partial charge in [0.25, 0.3) is 0 Å². The summed E-state index contributed by atoms with van der Waals surface area (Å²) in [5, 5.41) is 5.11. The zero-order valence-corrected chi connectivity index (χ0v) is 35.2. The van der Waals surface area contributed by atoms with Crippen LogP contribution in [0, 0.1) is 0 Å². The topological polar surface area (TPSA) is 39.9 Å². The van der Waals surface area contributed by atoms with Crippen LogP contribution in [0.2, 0.25) is 0 Å². The predicted molar refractivity (Wildman–Crippen MR) is 263 cm³/mol. The lowest BCUT2D eigenvalue weighted by molar-refractivity contribution is 0.436. The second kappa shape index (κ2) is 13.4. The van der Waals surface area contributed by atoms with Crippen LogP contribution in [0.15, 0.2) is 212 Å². The van der Waals surface area contributed by atoms with Gasteiger partial charge in [0.1, 0.15) is 11.5 Å². The van der Waals surface area contributed by atoms with E-state index in [0.29, 0.717) is 5.82 Å². The predicted octanol–water partition coefficient (Wildman–Crippen LogP) is 15.4. The molecular weight excluding hydrogens is 799 g/mol. The molecule has 0 saturated heterocycles. The molecule has 4 nitrogen and oxygen atoms in total. The number of rotatable bonds is 4. The second-order valence-corrected chi connectivity index (χ2v) is 17.9. The number of fused-ring (bicyclic) bond motifs is 16. The summed E-state index contributed by atoms with van der Waals surface area (Å²) in [7, 11) is 0. The Balaban J connectivity index is 1.06. The van der Waals surface area contributed by atoms with Crippen molar-refractivity contribution < 1.29 is 4.74 Å². The van der Waals surface area contributed by atoms with Crippen molar-refractivity contribution in [2.75, 3.05) is 0 Å². The van der Waals surface area contributed by atoms with Gasteiger partial charge in [-0.25, -0.2) is 9.97 Å². The van der Waals surface area contributed by atoms with Gasteiger partial charge in [-0.05, 0) is 76.9 Å². The van der Waals surface area contributed by atoms with Gasteiger partial charge in [-0.1, -0.05) is 158 Å². The Bertz CT molecular complexity index is 3780. The highest BCUT2D eigenvalue weighted by atomic mass is 32.1. The normalized spacial score (nSPS) is 13.2. The fraction of sp³-hybridized carbons (Fsp3) is 0.0169. The highest BCUT2D eigenvalue weighted by molar-refractivity contribution is 7.26. The standard InChI is InChI=1S/C59H35N3OS/c1-3-15-36(16-4-1)49-35-50(61-58(60-49)37-17-5-2-6-18-37)38-27-29-40-44-34-39(28-31-45(44)59(48(40)33-38)46-21-9-12-24-52(46)63-53-25-13-10-22-47(53)59)62-51-23-11-7-19-41(51)42-30-32-55-56(57(42)62)43-20-8-14-26-54(43)64-55/h1-35H. The van der Waals surface area contributed by atoms with Crippen LogP contribution in [-0.4, -0.2) is 14.5 Å². The first-order valence-corrected chi connectivity index (χ1v) is 22.5. The molecule has 4 heterocycles. The van der Waals surface area contributed by atoms with Gasteiger partial charge in [-0.15, -0.1) is 11.3 Å². The van der Waals surface area contributed by atoms with Crippen LogP contribution >= 0.6 is 11.3 Å². The summed E-state index contributed by atoms with van der Waals surface area (Å²) < 4.78 is 11.9. The van der Waals surface area contributed by atoms with E-state index in [4.69, 9.17) is 14.7 Å². The molecule has 5 heteroatoms. The minimum absolute atomic E-state index is 0.667. The maximum Gasteiger partial charge on any atom is 0.160 e. The number of hydrogen-bond donors (Lipinski definition) is 0.